The van der Waals surface area contributed by atoms with Gasteiger partial charge in [-0.25, -0.2) is 40.2 Å². The van der Waals surface area contributed by atoms with E-state index in [0.717, 1.165) is 116 Å². The van der Waals surface area contributed by atoms with Crippen LogP contribution in [0.15, 0.2) is 128 Å². The fourth-order valence-electron chi connectivity index (χ4n) is 18.6. The number of piperidine rings is 3. The number of hydrogen-bond donors (Lipinski definition) is 6. The minimum absolute atomic E-state index is 0.00667. The summed E-state index contributed by atoms with van der Waals surface area (Å²) in [5, 5.41) is 21.9. The Labute approximate surface area is 812 Å². The van der Waals surface area contributed by atoms with Gasteiger partial charge in [-0.3, -0.25) is 33.6 Å². The van der Waals surface area contributed by atoms with Crippen LogP contribution in [0.2, 0.25) is 0 Å². The molecule has 40 heteroatoms. The van der Waals surface area contributed by atoms with Crippen LogP contribution in [0.25, 0.3) is 50.2 Å². The number of sulfone groups is 3. The van der Waals surface area contributed by atoms with Crippen molar-refractivity contribution in [3.05, 3.63) is 128 Å². The SMILES string of the molecule is CC(C)[C@@H](N)C(=O)OC1CCN(C(=O)C2CCC(Nc3nccc(-n4ccc5c(OCCCS(C)(=O)=O)cccc54)n3)CC2)CC1.CC[C@H](C)[C@@H](N)C(=O)OC1CCN(C(=O)C2CCC(Nc3nccc(-n4ccc5c(OCCCS(C)(=O)=O)cccc54)n3)CC2)CC1.CS(=O)(=O)CCCOc1cccc2c1ccn2-c1ccnc(NC2CCC(C(=O)N3CCC(OC(=O)CCC(=O)O)CC3)CC2)n1. The van der Waals surface area contributed by atoms with Gasteiger partial charge in [0.05, 0.1) is 66.5 Å². The minimum Gasteiger partial charge on any atom is -0.493 e. The number of nitrogens with two attached hydrogens (primary N) is 2. The number of nitrogens with one attached hydrogen (secondary N) is 3. The molecule has 3 atom stereocenters. The first-order valence-electron chi connectivity index (χ1n) is 48.8. The summed E-state index contributed by atoms with van der Waals surface area (Å²) in [5.41, 5.74) is 14.7. The first-order valence-corrected chi connectivity index (χ1v) is 55.0. The van der Waals surface area contributed by atoms with Crippen LogP contribution in [0.5, 0.6) is 17.2 Å². The lowest BCUT2D eigenvalue weighted by Gasteiger charge is -2.36. The zero-order valence-electron chi connectivity index (χ0n) is 80.5. The zero-order chi connectivity index (χ0) is 99.1. The topological polar surface area (TPSA) is 488 Å². The van der Waals surface area contributed by atoms with E-state index in [1.807, 2.05) is 166 Å². The third-order valence-electron chi connectivity index (χ3n) is 26.9. The highest BCUT2D eigenvalue weighted by Crippen LogP contribution is 2.37. The Hall–Kier alpha value is -11.6. The van der Waals surface area contributed by atoms with Crippen molar-refractivity contribution in [1.29, 1.82) is 0 Å². The molecule has 8 N–H and O–H groups in total. The second kappa shape index (κ2) is 49.0. The number of nitrogens with zero attached hydrogens (tertiary/aromatic N) is 12. The molecule has 139 heavy (non-hydrogen) atoms. The number of esters is 3. The van der Waals surface area contributed by atoms with Crippen molar-refractivity contribution in [2.45, 2.75) is 230 Å². The molecule has 0 bridgehead atoms. The molecular weight excluding hydrogens is 1840 g/mol. The normalized spacial score (nSPS) is 19.9. The maximum atomic E-state index is 13.3. The summed E-state index contributed by atoms with van der Waals surface area (Å²) in [6.45, 7) is 12.1. The Kier molecular flexibility index (Phi) is 36.9. The lowest BCUT2D eigenvalue weighted by Crippen LogP contribution is -2.46. The van der Waals surface area contributed by atoms with E-state index in [9.17, 15) is 58.8 Å². The van der Waals surface area contributed by atoms with Crippen LogP contribution in [-0.4, -0.2) is 274 Å². The molecule has 3 aliphatic carbocycles. The number of amides is 3. The van der Waals surface area contributed by atoms with Gasteiger partial charge in [0.25, 0.3) is 0 Å². The molecule has 6 fully saturated rings. The highest BCUT2D eigenvalue weighted by atomic mass is 32.2. The molecule has 3 saturated heterocycles. The quantitative estimate of drug-likeness (QED) is 0.0119. The molecule has 3 amide bonds. The standard InChI is InChI=1S/C34H48N6O6S.C33H46N6O6S.C32H41N5O8S/c1-4-23(2)31(35)33(42)46-26-14-18-39(19-15-26)32(41)24-9-11-25(12-10-24)37-34-36-17-13-30(38-34)40-20-16-27-28(40)7-5-8-29(27)45-21-6-22-47(3,43)44;1-22(2)30(34)32(41)45-25-13-17-38(18-14-25)31(40)23-8-10-24(11-9-23)36-33-35-16-12-29(37-33)39-19-15-26-27(39)6-4-7-28(26)44-20-5-21-46(3,42)43;1-46(42,43)21-3-20-44-27-5-2-4-26-25(27)15-19-37(26)28-12-16-33-32(35-28)34-23-8-6-22(7-9-23)31(41)36-17-13-24(14-18-36)45-30(40)11-10-29(38)39/h5,7-8,13,16-17,20,23-26,31H,4,6,9-12,14-15,18-19,21-22,35H2,1-3H3,(H,36,37,38);4,6-7,12,15-16,19,22-25,30H,5,8-11,13-14,17-18,20-21,34H2,1-3H3,(H,35,36,37);2,4-5,12,15-16,19,22-24H,3,6-11,13-14,17-18,20-21H2,1H3,(H,38,39)(H,33,34,35)/t23-,24?,25?,31+;23?,24?,30-;/m01./s1. The summed E-state index contributed by atoms with van der Waals surface area (Å²) < 4.78 is 109. The van der Waals surface area contributed by atoms with Crippen LogP contribution in [-0.2, 0) is 77.3 Å². The number of carboxylic acid groups (broad SMARTS) is 1. The molecular formula is C99H135N17O20S3. The van der Waals surface area contributed by atoms with E-state index in [4.69, 9.17) is 59.9 Å². The van der Waals surface area contributed by atoms with Crippen LogP contribution >= 0.6 is 0 Å². The van der Waals surface area contributed by atoms with E-state index >= 15 is 0 Å². The van der Waals surface area contributed by atoms with Crippen molar-refractivity contribution in [2.24, 2.45) is 41.1 Å². The van der Waals surface area contributed by atoms with Gasteiger partial charge in [0.2, 0.25) is 35.6 Å². The number of carbonyl (C=O) groups excluding carboxylic acids is 6. The van der Waals surface area contributed by atoms with Crippen LogP contribution < -0.4 is 41.6 Å². The molecule has 3 aliphatic heterocycles. The number of likely N-dealkylation sites (tertiary alicyclic amines) is 3. The fourth-order valence-corrected chi connectivity index (χ4v) is 20.5. The molecule has 9 aromatic rings. The molecule has 3 saturated carbocycles. The van der Waals surface area contributed by atoms with Crippen LogP contribution in [0.3, 0.4) is 0 Å². The van der Waals surface area contributed by atoms with E-state index in [2.05, 4.69) is 30.9 Å². The predicted molar refractivity (Wildman–Crippen MR) is 528 cm³/mol. The summed E-state index contributed by atoms with van der Waals surface area (Å²) in [6.07, 6.45) is 29.1. The van der Waals surface area contributed by atoms with Gasteiger partial charge in [-0.2, -0.15) is 15.0 Å². The smallest absolute Gasteiger partial charge is 0.323 e. The summed E-state index contributed by atoms with van der Waals surface area (Å²) in [7, 11) is -9.08. The molecule has 6 aromatic heterocycles. The lowest BCUT2D eigenvalue weighted by atomic mass is 9.85. The number of benzene rings is 3. The third-order valence-corrected chi connectivity index (χ3v) is 30.0. The van der Waals surface area contributed by atoms with Crippen molar-refractivity contribution in [1.82, 2.24) is 58.3 Å². The van der Waals surface area contributed by atoms with Gasteiger partial charge in [0.1, 0.15) is 94.6 Å². The van der Waals surface area contributed by atoms with E-state index < -0.39 is 53.5 Å². The first-order chi connectivity index (χ1) is 66.6. The molecule has 9 heterocycles. The molecule has 3 aromatic carbocycles. The number of carbonyl (C=O) groups is 7. The summed E-state index contributed by atoms with van der Waals surface area (Å²) >= 11 is 0. The molecule has 0 spiro atoms. The second-order valence-corrected chi connectivity index (χ2v) is 44.7. The Bertz CT molecular complexity index is 6030. The number of carboxylic acids is 1. The number of aromatic nitrogens is 9. The summed E-state index contributed by atoms with van der Waals surface area (Å²) in [5.74, 6) is 4.39. The average molecular weight is 1980 g/mol. The second-order valence-electron chi connectivity index (χ2n) is 37.9. The van der Waals surface area contributed by atoms with Gasteiger partial charge in [0.15, 0.2) is 0 Å². The molecule has 6 aliphatic rings. The maximum absolute atomic E-state index is 13.3. The van der Waals surface area contributed by atoms with Crippen molar-refractivity contribution in [3.8, 4) is 34.7 Å². The Morgan fingerprint density at radius 1 is 0.410 bits per heavy atom. The Morgan fingerprint density at radius 3 is 1.00 bits per heavy atom. The van der Waals surface area contributed by atoms with Gasteiger partial charge in [-0.05, 0) is 181 Å². The van der Waals surface area contributed by atoms with Crippen LogP contribution in [0.1, 0.15) is 182 Å². The highest BCUT2D eigenvalue weighted by Gasteiger charge is 2.38. The van der Waals surface area contributed by atoms with Crippen molar-refractivity contribution >= 4 is 122 Å². The fraction of sp³-hybridized carbons (Fsp3) is 0.566. The van der Waals surface area contributed by atoms with Crippen molar-refractivity contribution < 1.29 is 92.3 Å². The molecule has 754 valence electrons. The molecule has 15 rings (SSSR count). The van der Waals surface area contributed by atoms with Gasteiger partial charge in [0, 0.05) is 186 Å². The minimum atomic E-state index is -3.03. The van der Waals surface area contributed by atoms with Crippen LogP contribution in [0, 0.1) is 29.6 Å². The number of ether oxygens (including phenoxy) is 6. The van der Waals surface area contributed by atoms with Gasteiger partial charge in [-0.1, -0.05) is 52.3 Å². The zero-order valence-corrected chi connectivity index (χ0v) is 83.0. The number of fused-ring (bicyclic) bond motifs is 3. The largest absolute Gasteiger partial charge is 0.493 e. The molecule has 0 radical (unpaired) electrons. The van der Waals surface area contributed by atoms with E-state index in [-0.39, 0.29) is 126 Å². The van der Waals surface area contributed by atoms with E-state index in [1.165, 1.54) is 18.8 Å². The number of aliphatic carboxylic acids is 1. The highest BCUT2D eigenvalue weighted by molar-refractivity contribution is 7.91. The molecule has 37 nitrogen and oxygen atoms in total. The van der Waals surface area contributed by atoms with Crippen molar-refractivity contribution in [3.63, 3.8) is 0 Å². The monoisotopic (exact) mass is 1980 g/mol. The summed E-state index contributed by atoms with van der Waals surface area (Å²) in [4.78, 5) is 120. The van der Waals surface area contributed by atoms with Crippen LogP contribution in [0.4, 0.5) is 17.8 Å². The Morgan fingerprint density at radius 2 is 0.712 bits per heavy atom. The van der Waals surface area contributed by atoms with E-state index in [1.54, 1.807) is 18.6 Å². The Balaban J connectivity index is 0.000000176. The number of rotatable bonds is 38. The van der Waals surface area contributed by atoms with Gasteiger partial charge in [-0.15, -0.1) is 0 Å². The predicted octanol–water partition coefficient (Wildman–Crippen LogP) is 11.4. The van der Waals surface area contributed by atoms with Gasteiger partial charge < -0.3 is 89.3 Å². The summed E-state index contributed by atoms with van der Waals surface area (Å²) in [6, 6.07) is 28.0. The lowest BCUT2D eigenvalue weighted by molar-refractivity contribution is -0.156. The number of hydrogen-bond acceptors (Lipinski definition) is 30. The van der Waals surface area contributed by atoms with Gasteiger partial charge >= 0.3 is 23.9 Å². The number of anilines is 3. The maximum Gasteiger partial charge on any atom is 0.323 e. The average Bonchev–Trinajstić information content (AvgIpc) is 1.66. The first kappa shape index (κ1) is 105. The molecule has 0 unspecified atom stereocenters. The van der Waals surface area contributed by atoms with Crippen molar-refractivity contribution in [2.75, 3.05) is 111 Å². The third kappa shape index (κ3) is 30.2. The van der Waals surface area contributed by atoms with E-state index in [0.29, 0.717) is 169 Å².